The van der Waals surface area contributed by atoms with Crippen molar-refractivity contribution < 1.29 is 15.0 Å². The molecule has 1 heterocycles. The van der Waals surface area contributed by atoms with Gasteiger partial charge in [0.25, 0.3) is 0 Å². The van der Waals surface area contributed by atoms with E-state index >= 15 is 0 Å². The van der Waals surface area contributed by atoms with Crippen molar-refractivity contribution in [2.75, 3.05) is 26.7 Å². The Labute approximate surface area is 196 Å². The molecule has 8 heteroatoms. The Morgan fingerprint density at radius 2 is 1.88 bits per heavy atom. The number of hydrogen-bond donors (Lipinski definition) is 3. The number of aromatic nitrogens is 2. The number of benzene rings is 1. The second-order valence-corrected chi connectivity index (χ2v) is 10.0. The van der Waals surface area contributed by atoms with E-state index < -0.39 is 11.6 Å². The maximum atomic E-state index is 13.0. The molecule has 0 bridgehead atoms. The number of amides is 1. The quantitative estimate of drug-likeness (QED) is 0.534. The topological polar surface area (TPSA) is 99.7 Å². The molecule has 1 unspecified atom stereocenters. The van der Waals surface area contributed by atoms with E-state index in [2.05, 4.69) is 17.1 Å². The van der Waals surface area contributed by atoms with Crippen LogP contribution in [0.15, 0.2) is 29.1 Å². The molecule has 0 aliphatic heterocycles. The van der Waals surface area contributed by atoms with Crippen molar-refractivity contribution in [3.05, 3.63) is 34.7 Å². The van der Waals surface area contributed by atoms with Gasteiger partial charge in [0.05, 0.1) is 22.7 Å². The molecular weight excluding hydrogens is 420 g/mol. The molecule has 2 aromatic rings. The number of para-hydroxylation sites is 2. The van der Waals surface area contributed by atoms with Crippen LogP contribution in [-0.2, 0) is 0 Å². The predicted molar refractivity (Wildman–Crippen MR) is 131 cm³/mol. The molecule has 1 fully saturated rings. The Bertz CT molecular complexity index is 988. The third-order valence-electron chi connectivity index (χ3n) is 6.99. The molecule has 0 radical (unpaired) electrons. The standard InChI is InChI=1S/C25H40N4O4/c1-5-19(12-15-27(4)17-25(33)13-10-20(30)11-14-25)16-26-23(31)29-22-9-7-6-8-21(22)28(18(2)3)24(29)32/h6-9,18-20,30,33H,5,10-17H2,1-4H3,(H,26,31). The second kappa shape index (κ2) is 10.8. The first kappa shape index (κ1) is 25.5. The Balaban J connectivity index is 1.57. The molecule has 1 saturated carbocycles. The van der Waals surface area contributed by atoms with Crippen LogP contribution in [0.25, 0.3) is 11.0 Å². The number of likely N-dealkylation sites (N-methyl/N-ethyl adjacent to an activating group) is 1. The number of fused-ring (bicyclic) bond motifs is 1. The highest BCUT2D eigenvalue weighted by atomic mass is 16.3. The second-order valence-electron chi connectivity index (χ2n) is 10.0. The number of aliphatic hydroxyl groups is 2. The van der Waals surface area contributed by atoms with Crippen molar-refractivity contribution >= 4 is 17.1 Å². The first-order valence-corrected chi connectivity index (χ1v) is 12.2. The van der Waals surface area contributed by atoms with Crippen molar-refractivity contribution in [1.82, 2.24) is 19.4 Å². The van der Waals surface area contributed by atoms with E-state index in [4.69, 9.17) is 0 Å². The summed E-state index contributed by atoms with van der Waals surface area (Å²) in [5.74, 6) is 0.272. The zero-order chi connectivity index (χ0) is 24.2. The predicted octanol–water partition coefficient (Wildman–Crippen LogP) is 2.96. The van der Waals surface area contributed by atoms with Crippen LogP contribution in [0.2, 0.25) is 0 Å². The van der Waals surface area contributed by atoms with Crippen LogP contribution < -0.4 is 11.0 Å². The minimum absolute atomic E-state index is 0.0439. The van der Waals surface area contributed by atoms with Crippen LogP contribution >= 0.6 is 0 Å². The highest BCUT2D eigenvalue weighted by Gasteiger charge is 2.33. The number of carbonyl (C=O) groups is 1. The molecule has 33 heavy (non-hydrogen) atoms. The van der Waals surface area contributed by atoms with Crippen molar-refractivity contribution in [2.24, 2.45) is 5.92 Å². The lowest BCUT2D eigenvalue weighted by atomic mass is 9.83. The summed E-state index contributed by atoms with van der Waals surface area (Å²) in [5.41, 5.74) is 0.333. The molecule has 1 aliphatic rings. The molecule has 3 rings (SSSR count). The summed E-state index contributed by atoms with van der Waals surface area (Å²) in [6.07, 6.45) is 4.07. The van der Waals surface area contributed by atoms with Gasteiger partial charge in [-0.25, -0.2) is 14.2 Å². The number of imidazole rings is 1. The minimum Gasteiger partial charge on any atom is -0.393 e. The molecular formula is C25H40N4O4. The maximum absolute atomic E-state index is 13.0. The molecule has 3 N–H and O–H groups in total. The van der Waals surface area contributed by atoms with E-state index in [0.29, 0.717) is 44.3 Å². The third kappa shape index (κ3) is 6.05. The molecule has 184 valence electrons. The van der Waals surface area contributed by atoms with Crippen LogP contribution in [0.4, 0.5) is 4.79 Å². The fourth-order valence-corrected chi connectivity index (χ4v) is 4.91. The molecule has 1 aromatic carbocycles. The molecule has 0 spiro atoms. The first-order valence-electron chi connectivity index (χ1n) is 12.2. The SMILES string of the molecule is CCC(CCN(C)CC1(O)CCC(O)CC1)CNC(=O)n1c(=O)n(C(C)C)c2ccccc21. The average molecular weight is 461 g/mol. The monoisotopic (exact) mass is 460 g/mol. The molecule has 1 aliphatic carbocycles. The van der Waals surface area contributed by atoms with Gasteiger partial charge in [-0.3, -0.25) is 4.57 Å². The lowest BCUT2D eigenvalue weighted by molar-refractivity contribution is -0.0496. The number of nitrogens with zero attached hydrogens (tertiary/aromatic N) is 3. The Kier molecular flexibility index (Phi) is 8.37. The molecule has 0 saturated heterocycles. The highest BCUT2D eigenvalue weighted by Crippen LogP contribution is 2.29. The van der Waals surface area contributed by atoms with Crippen molar-refractivity contribution in [3.8, 4) is 0 Å². The van der Waals surface area contributed by atoms with E-state index in [1.165, 1.54) is 4.57 Å². The fourth-order valence-electron chi connectivity index (χ4n) is 4.91. The zero-order valence-electron chi connectivity index (χ0n) is 20.5. The Morgan fingerprint density at radius 3 is 2.48 bits per heavy atom. The molecule has 1 amide bonds. The van der Waals surface area contributed by atoms with Crippen molar-refractivity contribution in [3.63, 3.8) is 0 Å². The number of rotatable bonds is 9. The maximum Gasteiger partial charge on any atom is 0.337 e. The number of nitrogens with one attached hydrogen (secondary N) is 1. The van der Waals surface area contributed by atoms with Crippen LogP contribution in [0.3, 0.4) is 0 Å². The van der Waals surface area contributed by atoms with Crippen molar-refractivity contribution in [2.45, 2.75) is 77.0 Å². The van der Waals surface area contributed by atoms with E-state index in [1.807, 2.05) is 39.1 Å². The van der Waals surface area contributed by atoms with Gasteiger partial charge in [-0.05, 0) is 77.6 Å². The molecule has 8 nitrogen and oxygen atoms in total. The van der Waals surface area contributed by atoms with Gasteiger partial charge in [-0.15, -0.1) is 0 Å². The van der Waals surface area contributed by atoms with E-state index in [9.17, 15) is 19.8 Å². The summed E-state index contributed by atoms with van der Waals surface area (Å²) in [6, 6.07) is 6.94. The van der Waals surface area contributed by atoms with E-state index in [0.717, 1.165) is 24.9 Å². The summed E-state index contributed by atoms with van der Waals surface area (Å²) in [5, 5.41) is 23.5. The van der Waals surface area contributed by atoms with Crippen LogP contribution in [0.1, 0.15) is 65.3 Å². The largest absolute Gasteiger partial charge is 0.393 e. The van der Waals surface area contributed by atoms with Gasteiger partial charge in [0.1, 0.15) is 0 Å². The van der Waals surface area contributed by atoms with Crippen LogP contribution in [0.5, 0.6) is 0 Å². The number of carbonyl (C=O) groups excluding carboxylic acids is 1. The van der Waals surface area contributed by atoms with Gasteiger partial charge in [0.15, 0.2) is 0 Å². The van der Waals surface area contributed by atoms with E-state index in [1.54, 1.807) is 10.6 Å². The molecule has 1 aromatic heterocycles. The van der Waals surface area contributed by atoms with Gasteiger partial charge in [0.2, 0.25) is 0 Å². The normalized spacial score (nSPS) is 22.2. The lowest BCUT2D eigenvalue weighted by Crippen LogP contribution is -2.45. The minimum atomic E-state index is -0.726. The third-order valence-corrected chi connectivity index (χ3v) is 6.99. The first-order chi connectivity index (χ1) is 15.6. The summed E-state index contributed by atoms with van der Waals surface area (Å²) >= 11 is 0. The van der Waals surface area contributed by atoms with Gasteiger partial charge in [-0.2, -0.15) is 0 Å². The molecule has 1 atom stereocenters. The van der Waals surface area contributed by atoms with Gasteiger partial charge in [0, 0.05) is 19.1 Å². The Morgan fingerprint density at radius 1 is 1.24 bits per heavy atom. The lowest BCUT2D eigenvalue weighted by Gasteiger charge is -2.37. The highest BCUT2D eigenvalue weighted by molar-refractivity contribution is 5.89. The van der Waals surface area contributed by atoms with Gasteiger partial charge >= 0.3 is 11.7 Å². The van der Waals surface area contributed by atoms with Gasteiger partial charge < -0.3 is 20.4 Å². The number of hydrogen-bond acceptors (Lipinski definition) is 5. The Hall–Kier alpha value is -2.16. The summed E-state index contributed by atoms with van der Waals surface area (Å²) in [7, 11) is 2.01. The van der Waals surface area contributed by atoms with Gasteiger partial charge in [-0.1, -0.05) is 25.5 Å². The fraction of sp³-hybridized carbons (Fsp3) is 0.680. The zero-order valence-corrected chi connectivity index (χ0v) is 20.5. The number of aliphatic hydroxyl groups excluding tert-OH is 1. The van der Waals surface area contributed by atoms with E-state index in [-0.39, 0.29) is 23.8 Å². The average Bonchev–Trinajstić information content (AvgIpc) is 3.07. The summed E-state index contributed by atoms with van der Waals surface area (Å²) < 4.78 is 2.89. The van der Waals surface area contributed by atoms with Crippen LogP contribution in [-0.4, -0.2) is 68.7 Å². The summed E-state index contributed by atoms with van der Waals surface area (Å²) in [6.45, 7) is 7.87. The smallest absolute Gasteiger partial charge is 0.337 e. The van der Waals surface area contributed by atoms with Crippen LogP contribution in [0, 0.1) is 5.92 Å². The summed E-state index contributed by atoms with van der Waals surface area (Å²) in [4.78, 5) is 28.1. The van der Waals surface area contributed by atoms with Crippen molar-refractivity contribution in [1.29, 1.82) is 0 Å².